The summed E-state index contributed by atoms with van der Waals surface area (Å²) in [5.41, 5.74) is 7.98. The van der Waals surface area contributed by atoms with Gasteiger partial charge in [0, 0.05) is 43.3 Å². The molecule has 6 rings (SSSR count). The van der Waals surface area contributed by atoms with E-state index in [1.807, 2.05) is 60.7 Å². The van der Waals surface area contributed by atoms with Crippen molar-refractivity contribution in [2.24, 2.45) is 0 Å². The first-order valence-electron chi connectivity index (χ1n) is 15.2. The Morgan fingerprint density at radius 1 is 0.740 bits per heavy atom. The number of benzene rings is 4. The van der Waals surface area contributed by atoms with E-state index in [1.54, 1.807) is 65.6 Å². The molecule has 0 aliphatic carbocycles. The fourth-order valence-corrected chi connectivity index (χ4v) is 5.65. The lowest BCUT2D eigenvalue weighted by molar-refractivity contribution is -0.906. The number of hydrogen-bond donors (Lipinski definition) is 3. The Bertz CT molecular complexity index is 1830. The second kappa shape index (κ2) is 15.9. The number of fused-ring (bicyclic) bond motifs is 4. The van der Waals surface area contributed by atoms with Crippen molar-refractivity contribution in [1.29, 1.82) is 0 Å². The summed E-state index contributed by atoms with van der Waals surface area (Å²) in [6.07, 6.45) is 0. The first kappa shape index (κ1) is 38.2. The fraction of sp³-hybridized carbons (Fsp3) is 0.229. The van der Waals surface area contributed by atoms with Gasteiger partial charge in [0.15, 0.2) is 0 Å². The van der Waals surface area contributed by atoms with Gasteiger partial charge in [0.1, 0.15) is 35.1 Å². The SMILES string of the molecule is CC(=O)ON(C(=O)N[N+](C)(C)C)C1c2ccccc2Oc2ccccc21.CN(C)NC(=O)N(O)C1c2ccccc2Oc2cccc(Cl)c21.[I-]. The molecule has 264 valence electrons. The quantitative estimate of drug-likeness (QED) is 0.124. The van der Waals surface area contributed by atoms with Gasteiger partial charge in [-0.25, -0.2) is 19.2 Å². The Balaban J connectivity index is 0.000000222. The van der Waals surface area contributed by atoms with Crippen LogP contribution in [0, 0.1) is 0 Å². The summed E-state index contributed by atoms with van der Waals surface area (Å²) in [7, 11) is 8.72. The van der Waals surface area contributed by atoms with Crippen LogP contribution in [0.4, 0.5) is 9.59 Å². The Morgan fingerprint density at radius 2 is 1.20 bits per heavy atom. The molecule has 0 saturated carbocycles. The van der Waals surface area contributed by atoms with Crippen LogP contribution in [0.15, 0.2) is 91.0 Å². The number of halogens is 2. The average Bonchev–Trinajstić information content (AvgIpc) is 3.04. The number of ether oxygens (including phenoxy) is 2. The van der Waals surface area contributed by atoms with Crippen molar-refractivity contribution in [3.8, 4) is 23.0 Å². The maximum Gasteiger partial charge on any atom is 0.395 e. The van der Waals surface area contributed by atoms with Gasteiger partial charge in [0.25, 0.3) is 0 Å². The maximum atomic E-state index is 12.9. The Kier molecular flexibility index (Phi) is 12.2. The number of nitrogens with zero attached hydrogens (tertiary/aromatic N) is 4. The standard InChI is InChI=1S/C19H21N3O4.C16H16ClN3O3.HI/c1-13(23)26-21(19(24)20-22(2,3)4)18-14-9-5-7-11-16(14)25-17-12-8-6-10-15(17)18;1-19(2)18-16(21)20(22)15-10-6-3-4-8-12(10)23-13-9-5-7-11(17)14(13)15;/h5-12,18H,1-4H3;3-9,15,22H,1-2H3,(H,18,21);1H. The van der Waals surface area contributed by atoms with E-state index >= 15 is 0 Å². The smallest absolute Gasteiger partial charge is 0.395 e. The number of hydrazine groups is 1. The summed E-state index contributed by atoms with van der Waals surface area (Å²) in [4.78, 5) is 42.2. The molecule has 50 heavy (non-hydrogen) atoms. The van der Waals surface area contributed by atoms with Crippen LogP contribution < -0.4 is 44.3 Å². The average molecular weight is 817 g/mol. The molecule has 0 radical (unpaired) electrons. The molecule has 0 aromatic heterocycles. The number of hydroxylamine groups is 4. The summed E-state index contributed by atoms with van der Waals surface area (Å²) in [5, 5.41) is 14.1. The molecular weight excluding hydrogens is 779 g/mol. The van der Waals surface area contributed by atoms with Gasteiger partial charge in [-0.2, -0.15) is 10.5 Å². The Labute approximate surface area is 312 Å². The molecule has 4 amide bonds. The van der Waals surface area contributed by atoms with E-state index in [1.165, 1.54) is 11.9 Å². The van der Waals surface area contributed by atoms with Crippen LogP contribution in [-0.2, 0) is 9.63 Å². The summed E-state index contributed by atoms with van der Waals surface area (Å²) >= 11 is 6.30. The van der Waals surface area contributed by atoms with E-state index < -0.39 is 30.1 Å². The number of nitrogens with one attached hydrogen (secondary N) is 2. The van der Waals surface area contributed by atoms with E-state index in [4.69, 9.17) is 25.9 Å². The molecule has 0 bridgehead atoms. The van der Waals surface area contributed by atoms with Crippen molar-refractivity contribution in [3.05, 3.63) is 118 Å². The summed E-state index contributed by atoms with van der Waals surface area (Å²) in [6, 6.07) is 24.6. The Hall–Kier alpha value is -4.61. The number of quaternary nitrogens is 1. The monoisotopic (exact) mass is 816 g/mol. The predicted octanol–water partition coefficient (Wildman–Crippen LogP) is 3.41. The van der Waals surface area contributed by atoms with Gasteiger partial charge >= 0.3 is 18.0 Å². The minimum absolute atomic E-state index is 0. The largest absolute Gasteiger partial charge is 1.00 e. The summed E-state index contributed by atoms with van der Waals surface area (Å²) in [6.45, 7) is 1.27. The Morgan fingerprint density at radius 3 is 1.68 bits per heavy atom. The van der Waals surface area contributed by atoms with Gasteiger partial charge in [-0.15, -0.1) is 5.06 Å². The van der Waals surface area contributed by atoms with E-state index in [2.05, 4.69) is 10.9 Å². The molecule has 2 aliphatic rings. The third kappa shape index (κ3) is 8.57. The highest BCUT2D eigenvalue weighted by Crippen LogP contribution is 2.48. The molecule has 4 aromatic rings. The minimum atomic E-state index is -0.761. The molecule has 0 spiro atoms. The van der Waals surface area contributed by atoms with Crippen LogP contribution in [0.5, 0.6) is 23.0 Å². The third-order valence-electron chi connectivity index (χ3n) is 7.23. The summed E-state index contributed by atoms with van der Waals surface area (Å²) < 4.78 is 11.9. The topological polar surface area (TPSA) is 133 Å². The number of urea groups is 2. The van der Waals surface area contributed by atoms with E-state index in [0.717, 1.165) is 16.2 Å². The van der Waals surface area contributed by atoms with Crippen LogP contribution >= 0.6 is 11.6 Å². The molecule has 3 N–H and O–H groups in total. The lowest BCUT2D eigenvalue weighted by atomic mass is 9.94. The molecule has 15 heteroatoms. The van der Waals surface area contributed by atoms with Crippen molar-refractivity contribution >= 4 is 29.6 Å². The zero-order valence-electron chi connectivity index (χ0n) is 28.3. The third-order valence-corrected chi connectivity index (χ3v) is 7.56. The van der Waals surface area contributed by atoms with Crippen molar-refractivity contribution in [1.82, 2.24) is 26.0 Å². The van der Waals surface area contributed by atoms with Crippen molar-refractivity contribution in [3.63, 3.8) is 0 Å². The number of hydrogen-bond acceptors (Lipinski definition) is 8. The minimum Gasteiger partial charge on any atom is -1.00 e. The predicted molar refractivity (Wildman–Crippen MR) is 181 cm³/mol. The summed E-state index contributed by atoms with van der Waals surface area (Å²) in [5.74, 6) is 1.74. The molecular formula is C35H38ClIN6O7. The van der Waals surface area contributed by atoms with Crippen LogP contribution in [-0.4, -0.2) is 78.2 Å². The van der Waals surface area contributed by atoms with Gasteiger partial charge < -0.3 is 38.3 Å². The molecule has 2 heterocycles. The van der Waals surface area contributed by atoms with E-state index in [0.29, 0.717) is 44.2 Å². The van der Waals surface area contributed by atoms with Gasteiger partial charge in [-0.3, -0.25) is 15.4 Å². The molecule has 13 nitrogen and oxygen atoms in total. The number of carbonyl (C=O) groups excluding carboxylic acids is 3. The molecule has 1 atom stereocenters. The molecule has 0 saturated heterocycles. The molecule has 4 aromatic carbocycles. The van der Waals surface area contributed by atoms with Crippen LogP contribution in [0.25, 0.3) is 0 Å². The number of para-hydroxylation sites is 3. The highest BCUT2D eigenvalue weighted by Gasteiger charge is 2.39. The lowest BCUT2D eigenvalue weighted by Crippen LogP contribution is -3.00. The fourth-order valence-electron chi connectivity index (χ4n) is 5.38. The zero-order chi connectivity index (χ0) is 35.5. The van der Waals surface area contributed by atoms with Crippen molar-refractivity contribution < 1.29 is 62.5 Å². The van der Waals surface area contributed by atoms with E-state index in [9.17, 15) is 19.6 Å². The van der Waals surface area contributed by atoms with Crippen molar-refractivity contribution in [2.75, 3.05) is 35.2 Å². The van der Waals surface area contributed by atoms with Gasteiger partial charge in [0.05, 0.1) is 26.2 Å². The van der Waals surface area contributed by atoms with Gasteiger partial charge in [-0.05, 0) is 30.3 Å². The number of rotatable bonds is 4. The molecule has 0 fully saturated rings. The molecule has 1 unspecified atom stereocenters. The highest BCUT2D eigenvalue weighted by atomic mass is 127. The maximum absolute atomic E-state index is 12.9. The van der Waals surface area contributed by atoms with Crippen molar-refractivity contribution in [2.45, 2.75) is 19.0 Å². The second-order valence-corrected chi connectivity index (χ2v) is 12.7. The van der Waals surface area contributed by atoms with Crippen LogP contribution in [0.3, 0.4) is 0 Å². The second-order valence-electron chi connectivity index (χ2n) is 12.3. The molecule has 2 aliphatic heterocycles. The van der Waals surface area contributed by atoms with Gasteiger partial charge in [0.2, 0.25) is 0 Å². The number of amides is 4. The van der Waals surface area contributed by atoms with Crippen LogP contribution in [0.2, 0.25) is 5.02 Å². The first-order chi connectivity index (χ1) is 23.2. The number of carbonyl (C=O) groups is 3. The van der Waals surface area contributed by atoms with Crippen LogP contribution in [0.1, 0.15) is 41.3 Å². The first-order valence-corrected chi connectivity index (χ1v) is 15.6. The van der Waals surface area contributed by atoms with Gasteiger partial charge in [-0.1, -0.05) is 72.3 Å². The lowest BCUT2D eigenvalue weighted by Gasteiger charge is -2.36. The highest BCUT2D eigenvalue weighted by molar-refractivity contribution is 6.31. The normalized spacial score (nSPS) is 13.9. The zero-order valence-corrected chi connectivity index (χ0v) is 31.2. The van der Waals surface area contributed by atoms with E-state index in [-0.39, 0.29) is 28.6 Å².